The lowest BCUT2D eigenvalue weighted by Gasteiger charge is -2.64. The molecule has 1 aromatic heterocycles. The summed E-state index contributed by atoms with van der Waals surface area (Å²) in [5.74, 6) is -0.373. The first-order chi connectivity index (χ1) is 19.6. The van der Waals surface area contributed by atoms with Crippen molar-refractivity contribution in [2.45, 2.75) is 90.6 Å². The van der Waals surface area contributed by atoms with Crippen LogP contribution in [0.1, 0.15) is 70.3 Å². The summed E-state index contributed by atoms with van der Waals surface area (Å²) in [6, 6.07) is 5.21. The minimum absolute atomic E-state index is 0.109. The number of nitrogens with one attached hydrogen (secondary N) is 1. The van der Waals surface area contributed by atoms with Gasteiger partial charge >= 0.3 is 18.8 Å². The van der Waals surface area contributed by atoms with E-state index in [2.05, 4.69) is 31.2 Å². The van der Waals surface area contributed by atoms with Crippen molar-refractivity contribution < 1.29 is 33.3 Å². The fourth-order valence-electron chi connectivity index (χ4n) is 6.94. The molecule has 0 radical (unpaired) electrons. The van der Waals surface area contributed by atoms with Gasteiger partial charge in [0.15, 0.2) is 0 Å². The topological polar surface area (TPSA) is 144 Å². The molecule has 1 amide bonds. The molecule has 1 N–H and O–H groups in total. The van der Waals surface area contributed by atoms with Crippen molar-refractivity contribution in [3.8, 4) is 5.75 Å². The number of benzene rings is 1. The van der Waals surface area contributed by atoms with E-state index < -0.39 is 41.1 Å². The number of amides is 1. The first-order valence-electron chi connectivity index (χ1n) is 14.3. The Morgan fingerprint density at radius 3 is 2.64 bits per heavy atom. The molecule has 3 aliphatic carbocycles. The number of rotatable bonds is 9. The normalized spacial score (nSPS) is 26.5. The van der Waals surface area contributed by atoms with E-state index in [4.69, 9.17) is 18.8 Å². The van der Waals surface area contributed by atoms with Crippen molar-refractivity contribution in [3.05, 3.63) is 51.8 Å². The molecule has 4 unspecified atom stereocenters. The number of esters is 1. The van der Waals surface area contributed by atoms with Crippen molar-refractivity contribution in [1.29, 1.82) is 0 Å². The second-order valence-electron chi connectivity index (χ2n) is 13.4. The average molecular weight is 582 g/mol. The number of hydrogen-bond acceptors (Lipinski definition) is 9. The van der Waals surface area contributed by atoms with E-state index in [0.717, 1.165) is 19.0 Å². The minimum atomic E-state index is -0.763. The third kappa shape index (κ3) is 5.51. The zero-order valence-electron chi connectivity index (χ0n) is 25.2. The van der Waals surface area contributed by atoms with Crippen LogP contribution in [0.4, 0.5) is 5.69 Å². The van der Waals surface area contributed by atoms with Gasteiger partial charge in [0.2, 0.25) is 5.91 Å². The summed E-state index contributed by atoms with van der Waals surface area (Å²) >= 11 is 0. The number of nitrogens with zero attached hydrogens (tertiary/aromatic N) is 3. The Morgan fingerprint density at radius 1 is 1.29 bits per heavy atom. The molecule has 1 saturated heterocycles. The summed E-state index contributed by atoms with van der Waals surface area (Å²) in [6.07, 6.45) is 4.39. The number of methoxy groups -OCH3 is 1. The summed E-state index contributed by atoms with van der Waals surface area (Å²) in [5.41, 5.74) is -0.321. The van der Waals surface area contributed by atoms with Crippen LogP contribution in [0.2, 0.25) is 0 Å². The minimum Gasteiger partial charge on any atom is -0.496 e. The van der Waals surface area contributed by atoms with Crippen LogP contribution in [-0.2, 0) is 31.8 Å². The lowest BCUT2D eigenvalue weighted by molar-refractivity contribution is -0.385. The molecule has 0 spiro atoms. The summed E-state index contributed by atoms with van der Waals surface area (Å²) < 4.78 is 25.7. The van der Waals surface area contributed by atoms with Crippen molar-refractivity contribution in [2.75, 3.05) is 7.11 Å². The fourth-order valence-corrected chi connectivity index (χ4v) is 6.94. The van der Waals surface area contributed by atoms with E-state index >= 15 is 0 Å². The summed E-state index contributed by atoms with van der Waals surface area (Å²) in [7, 11) is 0.721. The van der Waals surface area contributed by atoms with E-state index in [1.54, 1.807) is 32.9 Å². The largest absolute Gasteiger partial charge is 0.496 e. The van der Waals surface area contributed by atoms with Gasteiger partial charge in [-0.25, -0.2) is 4.79 Å². The zero-order chi connectivity index (χ0) is 30.6. The average Bonchev–Trinajstić information content (AvgIpc) is 3.50. The van der Waals surface area contributed by atoms with Crippen molar-refractivity contribution in [1.82, 2.24) is 15.1 Å². The van der Waals surface area contributed by atoms with Gasteiger partial charge in [-0.3, -0.25) is 19.6 Å². The highest BCUT2D eigenvalue weighted by molar-refractivity contribution is 6.48. The van der Waals surface area contributed by atoms with Gasteiger partial charge in [0, 0.05) is 0 Å². The maximum atomic E-state index is 13.2. The van der Waals surface area contributed by atoms with E-state index in [9.17, 15) is 19.7 Å². The van der Waals surface area contributed by atoms with Crippen LogP contribution in [0, 0.1) is 27.4 Å². The van der Waals surface area contributed by atoms with E-state index in [1.807, 2.05) is 6.07 Å². The van der Waals surface area contributed by atoms with Gasteiger partial charge in [-0.2, -0.15) is 5.10 Å². The second kappa shape index (κ2) is 10.7. The van der Waals surface area contributed by atoms with Gasteiger partial charge in [-0.15, -0.1) is 0 Å². The second-order valence-corrected chi connectivity index (χ2v) is 13.4. The SMILES string of the molecule is COc1c(CC(NC(=O)Cn2cc([N+](=O)[O-])cn2)B2OC3CC4CC(C4(C)C)[C@]3(C)O2)cccc1C(=O)OC(C)(C)C. The predicted octanol–water partition coefficient (Wildman–Crippen LogP) is 3.75. The first kappa shape index (κ1) is 30.0. The lowest BCUT2D eigenvalue weighted by atomic mass is 9.43. The molecule has 4 fully saturated rings. The van der Waals surface area contributed by atoms with Gasteiger partial charge in [0.05, 0.1) is 29.7 Å². The quantitative estimate of drug-likeness (QED) is 0.202. The molecule has 42 heavy (non-hydrogen) atoms. The number of aromatic nitrogens is 2. The predicted molar refractivity (Wildman–Crippen MR) is 153 cm³/mol. The number of carbonyl (C=O) groups excluding carboxylic acids is 2. The van der Waals surface area contributed by atoms with Crippen LogP contribution < -0.4 is 10.1 Å². The molecule has 4 aliphatic rings. The Bertz CT molecular complexity index is 1390. The van der Waals surface area contributed by atoms with Crippen molar-refractivity contribution >= 4 is 24.7 Å². The van der Waals surface area contributed by atoms with Crippen LogP contribution in [-0.4, -0.2) is 64.1 Å². The number of carbonyl (C=O) groups is 2. The standard InChI is InChI=1S/C29H39BN4O8/c1-27(2,3)40-26(36)20-10-8-9-17(25(20)39-7)11-23(32-24(35)16-33-15-19(14-31-33)34(37)38)30-41-22-13-18-12-21(28(18,4)5)29(22,6)42-30/h8-10,14-15,18,21-23H,11-13,16H2,1-7H3,(H,32,35)/t18?,21?,22?,23?,29-/m0/s1. The van der Waals surface area contributed by atoms with Gasteiger partial charge in [-0.05, 0) is 75.8 Å². The molecular weight excluding hydrogens is 543 g/mol. The van der Waals surface area contributed by atoms with E-state index in [-0.39, 0.29) is 35.7 Å². The summed E-state index contributed by atoms with van der Waals surface area (Å²) in [5, 5.41) is 18.0. The number of hydrogen-bond donors (Lipinski definition) is 1. The summed E-state index contributed by atoms with van der Waals surface area (Å²) in [4.78, 5) is 36.8. The Balaban J connectivity index is 1.42. The van der Waals surface area contributed by atoms with Gasteiger partial charge in [-0.1, -0.05) is 26.0 Å². The highest BCUT2D eigenvalue weighted by Gasteiger charge is 2.68. The maximum Gasteiger partial charge on any atom is 0.482 e. The molecule has 5 atom stereocenters. The number of para-hydroxylation sites is 1. The molecule has 12 nitrogen and oxygen atoms in total. The highest BCUT2D eigenvalue weighted by atomic mass is 16.7. The highest BCUT2D eigenvalue weighted by Crippen LogP contribution is 2.65. The Hall–Kier alpha value is -3.45. The molecule has 6 rings (SSSR count). The van der Waals surface area contributed by atoms with Crippen LogP contribution in [0.5, 0.6) is 5.75 Å². The molecular formula is C29H39BN4O8. The summed E-state index contributed by atoms with van der Waals surface area (Å²) in [6.45, 7) is 11.8. The number of ether oxygens (including phenoxy) is 2. The first-order valence-corrected chi connectivity index (χ1v) is 14.3. The maximum absolute atomic E-state index is 13.2. The molecule has 2 bridgehead atoms. The smallest absolute Gasteiger partial charge is 0.482 e. The molecule has 2 heterocycles. The Kier molecular flexibility index (Phi) is 7.63. The molecule has 1 aliphatic heterocycles. The number of nitro groups is 1. The monoisotopic (exact) mass is 582 g/mol. The molecule has 3 saturated carbocycles. The third-order valence-corrected chi connectivity index (χ3v) is 9.14. The Labute approximate surface area is 245 Å². The van der Waals surface area contributed by atoms with Gasteiger partial charge in [0.25, 0.3) is 0 Å². The Morgan fingerprint density at radius 2 is 2.02 bits per heavy atom. The van der Waals surface area contributed by atoms with Crippen molar-refractivity contribution in [2.24, 2.45) is 17.3 Å². The fraction of sp³-hybridized carbons (Fsp3) is 0.621. The van der Waals surface area contributed by atoms with Crippen molar-refractivity contribution in [3.63, 3.8) is 0 Å². The van der Waals surface area contributed by atoms with Gasteiger partial charge in [0.1, 0.15) is 35.9 Å². The van der Waals surface area contributed by atoms with Gasteiger partial charge < -0.3 is 24.1 Å². The molecule has 226 valence electrons. The molecule has 13 heteroatoms. The molecule has 1 aromatic carbocycles. The van der Waals surface area contributed by atoms with Crippen LogP contribution >= 0.6 is 0 Å². The zero-order valence-corrected chi connectivity index (χ0v) is 25.2. The van der Waals surface area contributed by atoms with E-state index in [0.29, 0.717) is 23.1 Å². The lowest BCUT2D eigenvalue weighted by Crippen LogP contribution is -2.65. The van der Waals surface area contributed by atoms with E-state index in [1.165, 1.54) is 18.0 Å². The van der Waals surface area contributed by atoms with Crippen LogP contribution in [0.15, 0.2) is 30.6 Å². The molecule has 2 aromatic rings. The van der Waals surface area contributed by atoms with Crippen LogP contribution in [0.3, 0.4) is 0 Å². The third-order valence-electron chi connectivity index (χ3n) is 9.14. The van der Waals surface area contributed by atoms with Crippen LogP contribution in [0.25, 0.3) is 0 Å².